The zero-order valence-electron chi connectivity index (χ0n) is 10.7. The topological polar surface area (TPSA) is 75.3 Å². The lowest BCUT2D eigenvalue weighted by Crippen LogP contribution is -2.35. The van der Waals surface area contributed by atoms with Gasteiger partial charge in [-0.2, -0.15) is 0 Å². The van der Waals surface area contributed by atoms with Gasteiger partial charge >= 0.3 is 0 Å². The molecule has 5 nitrogen and oxygen atoms in total. The molecular weight excluding hydrogens is 252 g/mol. The number of hydrogen-bond donors (Lipinski definition) is 2. The normalized spacial score (nSPS) is 11.3. The summed E-state index contributed by atoms with van der Waals surface area (Å²) in [7, 11) is -3.30. The molecule has 18 heavy (non-hydrogen) atoms. The SMILES string of the molecule is CC(C)NC(=O)CNc1ccccc1S(C)(=O)=O. The fraction of sp³-hybridized carbons (Fsp3) is 0.417. The monoisotopic (exact) mass is 270 g/mol. The number of anilines is 1. The second kappa shape index (κ2) is 5.86. The molecule has 0 aliphatic carbocycles. The Bertz CT molecular complexity index is 524. The van der Waals surface area contributed by atoms with Crippen molar-refractivity contribution < 1.29 is 13.2 Å². The first kappa shape index (κ1) is 14.5. The Kier molecular flexibility index (Phi) is 4.72. The van der Waals surface area contributed by atoms with Gasteiger partial charge in [0.25, 0.3) is 0 Å². The second-order valence-corrected chi connectivity index (χ2v) is 6.33. The van der Waals surface area contributed by atoms with Crippen LogP contribution >= 0.6 is 0 Å². The maximum atomic E-state index is 11.5. The van der Waals surface area contributed by atoms with Gasteiger partial charge in [0.05, 0.1) is 17.1 Å². The molecule has 0 saturated heterocycles. The van der Waals surface area contributed by atoms with E-state index in [0.29, 0.717) is 5.69 Å². The van der Waals surface area contributed by atoms with Crippen LogP contribution in [0.2, 0.25) is 0 Å². The van der Waals surface area contributed by atoms with Crippen LogP contribution in [-0.4, -0.2) is 33.2 Å². The molecule has 100 valence electrons. The summed E-state index contributed by atoms with van der Waals surface area (Å²) in [5.41, 5.74) is 0.443. The van der Waals surface area contributed by atoms with Crippen LogP contribution in [0.4, 0.5) is 5.69 Å². The first-order valence-electron chi connectivity index (χ1n) is 5.63. The summed E-state index contributed by atoms with van der Waals surface area (Å²) in [6.07, 6.45) is 1.14. The number of carbonyl (C=O) groups is 1. The van der Waals surface area contributed by atoms with Crippen molar-refractivity contribution in [3.8, 4) is 0 Å². The summed E-state index contributed by atoms with van der Waals surface area (Å²) in [5.74, 6) is -0.173. The zero-order chi connectivity index (χ0) is 13.8. The Hall–Kier alpha value is -1.56. The molecule has 0 aliphatic heterocycles. The van der Waals surface area contributed by atoms with Gasteiger partial charge in [-0.05, 0) is 26.0 Å². The average Bonchev–Trinajstić information content (AvgIpc) is 2.24. The third kappa shape index (κ3) is 4.37. The number of para-hydroxylation sites is 1. The van der Waals surface area contributed by atoms with Gasteiger partial charge in [-0.25, -0.2) is 8.42 Å². The standard InChI is InChI=1S/C12H18N2O3S/c1-9(2)14-12(15)8-13-10-6-4-5-7-11(10)18(3,16)17/h4-7,9,13H,8H2,1-3H3,(H,14,15). The van der Waals surface area contributed by atoms with E-state index in [0.717, 1.165) is 6.26 Å². The highest BCUT2D eigenvalue weighted by molar-refractivity contribution is 7.90. The Morgan fingerprint density at radius 2 is 1.89 bits per heavy atom. The molecule has 6 heteroatoms. The summed E-state index contributed by atoms with van der Waals surface area (Å²) < 4.78 is 23.1. The van der Waals surface area contributed by atoms with Crippen molar-refractivity contribution in [2.75, 3.05) is 18.1 Å². The molecule has 0 atom stereocenters. The molecule has 0 saturated carbocycles. The highest BCUT2D eigenvalue weighted by atomic mass is 32.2. The van der Waals surface area contributed by atoms with E-state index in [-0.39, 0.29) is 23.4 Å². The largest absolute Gasteiger partial charge is 0.375 e. The van der Waals surface area contributed by atoms with Crippen LogP contribution in [0.15, 0.2) is 29.2 Å². The average molecular weight is 270 g/mol. The van der Waals surface area contributed by atoms with Gasteiger partial charge in [0.2, 0.25) is 5.91 Å². The number of carbonyl (C=O) groups excluding carboxylic acids is 1. The van der Waals surface area contributed by atoms with Gasteiger partial charge in [0.15, 0.2) is 9.84 Å². The third-order valence-corrected chi connectivity index (χ3v) is 3.33. The van der Waals surface area contributed by atoms with E-state index in [4.69, 9.17) is 0 Å². The maximum absolute atomic E-state index is 11.5. The van der Waals surface area contributed by atoms with Crippen LogP contribution in [0.3, 0.4) is 0 Å². The fourth-order valence-corrected chi connectivity index (χ4v) is 2.35. The highest BCUT2D eigenvalue weighted by Crippen LogP contribution is 2.19. The molecule has 0 bridgehead atoms. The van der Waals surface area contributed by atoms with Gasteiger partial charge in [0, 0.05) is 12.3 Å². The van der Waals surface area contributed by atoms with Crippen LogP contribution in [0.25, 0.3) is 0 Å². The van der Waals surface area contributed by atoms with E-state index in [1.54, 1.807) is 18.2 Å². The summed E-state index contributed by atoms with van der Waals surface area (Å²) in [4.78, 5) is 11.7. The minimum absolute atomic E-state index is 0.0463. The number of nitrogens with one attached hydrogen (secondary N) is 2. The Morgan fingerprint density at radius 3 is 2.44 bits per heavy atom. The first-order chi connectivity index (χ1) is 8.30. The smallest absolute Gasteiger partial charge is 0.239 e. The van der Waals surface area contributed by atoms with Crippen molar-refractivity contribution in [3.05, 3.63) is 24.3 Å². The maximum Gasteiger partial charge on any atom is 0.239 e. The van der Waals surface area contributed by atoms with E-state index >= 15 is 0 Å². The van der Waals surface area contributed by atoms with Crippen molar-refractivity contribution in [1.29, 1.82) is 0 Å². The van der Waals surface area contributed by atoms with Crippen LogP contribution in [0, 0.1) is 0 Å². The van der Waals surface area contributed by atoms with Gasteiger partial charge in [-0.1, -0.05) is 12.1 Å². The molecule has 1 aromatic carbocycles. The second-order valence-electron chi connectivity index (χ2n) is 4.34. The molecule has 0 radical (unpaired) electrons. The van der Waals surface area contributed by atoms with Gasteiger partial charge < -0.3 is 10.6 Å². The van der Waals surface area contributed by atoms with E-state index in [9.17, 15) is 13.2 Å². The Labute approximate surface area is 108 Å². The fourth-order valence-electron chi connectivity index (χ4n) is 1.48. The minimum Gasteiger partial charge on any atom is -0.375 e. The van der Waals surface area contributed by atoms with Crippen molar-refractivity contribution in [3.63, 3.8) is 0 Å². The van der Waals surface area contributed by atoms with Gasteiger partial charge in [0.1, 0.15) is 0 Å². The molecule has 0 aromatic heterocycles. The van der Waals surface area contributed by atoms with Crippen molar-refractivity contribution in [2.45, 2.75) is 24.8 Å². The molecule has 0 spiro atoms. The molecule has 1 aromatic rings. The Morgan fingerprint density at radius 1 is 1.28 bits per heavy atom. The number of sulfone groups is 1. The van der Waals surface area contributed by atoms with E-state index in [2.05, 4.69) is 10.6 Å². The van der Waals surface area contributed by atoms with Crippen LogP contribution in [0.5, 0.6) is 0 Å². The van der Waals surface area contributed by atoms with Crippen molar-refractivity contribution >= 4 is 21.4 Å². The van der Waals surface area contributed by atoms with E-state index in [1.165, 1.54) is 6.07 Å². The molecule has 2 N–H and O–H groups in total. The highest BCUT2D eigenvalue weighted by Gasteiger charge is 2.13. The molecule has 1 amide bonds. The molecule has 0 unspecified atom stereocenters. The number of benzene rings is 1. The summed E-state index contributed by atoms with van der Waals surface area (Å²) in [6, 6.07) is 6.58. The molecule has 0 aliphatic rings. The van der Waals surface area contributed by atoms with E-state index < -0.39 is 9.84 Å². The predicted octanol–water partition coefficient (Wildman–Crippen LogP) is 1.03. The lowest BCUT2D eigenvalue weighted by Gasteiger charge is -2.12. The summed E-state index contributed by atoms with van der Waals surface area (Å²) in [6.45, 7) is 3.77. The predicted molar refractivity (Wildman–Crippen MR) is 71.3 cm³/mol. The van der Waals surface area contributed by atoms with E-state index in [1.807, 2.05) is 13.8 Å². The quantitative estimate of drug-likeness (QED) is 0.838. The lowest BCUT2D eigenvalue weighted by molar-refractivity contribution is -0.119. The van der Waals surface area contributed by atoms with Gasteiger partial charge in [-0.3, -0.25) is 4.79 Å². The minimum atomic E-state index is -3.30. The third-order valence-electron chi connectivity index (χ3n) is 2.18. The van der Waals surface area contributed by atoms with Crippen LogP contribution in [0.1, 0.15) is 13.8 Å². The number of amides is 1. The van der Waals surface area contributed by atoms with Crippen molar-refractivity contribution in [2.24, 2.45) is 0 Å². The first-order valence-corrected chi connectivity index (χ1v) is 7.52. The van der Waals surface area contributed by atoms with Gasteiger partial charge in [-0.15, -0.1) is 0 Å². The number of rotatable bonds is 5. The van der Waals surface area contributed by atoms with Crippen molar-refractivity contribution in [1.82, 2.24) is 5.32 Å². The summed E-state index contributed by atoms with van der Waals surface area (Å²) >= 11 is 0. The molecule has 0 heterocycles. The lowest BCUT2D eigenvalue weighted by atomic mass is 10.3. The Balaban J connectivity index is 2.77. The molecular formula is C12H18N2O3S. The molecule has 1 rings (SSSR count). The molecule has 0 fully saturated rings. The number of hydrogen-bond acceptors (Lipinski definition) is 4. The van der Waals surface area contributed by atoms with Crippen LogP contribution < -0.4 is 10.6 Å². The summed E-state index contributed by atoms with van der Waals surface area (Å²) in [5, 5.41) is 5.55. The van der Waals surface area contributed by atoms with Crippen LogP contribution in [-0.2, 0) is 14.6 Å². The zero-order valence-corrected chi connectivity index (χ0v) is 11.5.